The molecule has 30 heavy (non-hydrogen) atoms. The molecule has 0 heterocycles. The molecule has 0 radical (unpaired) electrons. The van der Waals surface area contributed by atoms with E-state index in [0.717, 1.165) is 16.7 Å². The van der Waals surface area contributed by atoms with Crippen molar-refractivity contribution in [1.29, 1.82) is 0 Å². The molecule has 0 aliphatic heterocycles. The number of carboxylic acids is 2. The summed E-state index contributed by atoms with van der Waals surface area (Å²) in [5.74, 6) is -1.77. The molecule has 0 spiro atoms. The summed E-state index contributed by atoms with van der Waals surface area (Å²) >= 11 is 0. The average molecular weight is 415 g/mol. The van der Waals surface area contributed by atoms with Gasteiger partial charge in [-0.2, -0.15) is 0 Å². The third-order valence-electron chi connectivity index (χ3n) is 5.92. The number of aliphatic carboxylic acids is 2. The minimum Gasteiger partial charge on any atom is -0.480 e. The van der Waals surface area contributed by atoms with Gasteiger partial charge in [-0.05, 0) is 45.5 Å². The molecule has 0 aromatic heterocycles. The van der Waals surface area contributed by atoms with Crippen LogP contribution in [0.3, 0.4) is 0 Å². The van der Waals surface area contributed by atoms with Crippen molar-refractivity contribution in [1.82, 2.24) is 4.90 Å². The lowest BCUT2D eigenvalue weighted by molar-refractivity contribution is -0.153. The molecule has 0 saturated heterocycles. The second kappa shape index (κ2) is 10.4. The van der Waals surface area contributed by atoms with Gasteiger partial charge in [-0.1, -0.05) is 74.0 Å². The van der Waals surface area contributed by atoms with Gasteiger partial charge in [0.25, 0.3) is 0 Å². The molecule has 0 fully saturated rings. The summed E-state index contributed by atoms with van der Waals surface area (Å²) in [5, 5.41) is 18.1. The Hall–Kier alpha value is -2.70. The fourth-order valence-electron chi connectivity index (χ4n) is 3.22. The van der Waals surface area contributed by atoms with Crippen LogP contribution in [0, 0.1) is 6.92 Å². The maximum Gasteiger partial charge on any atom is 0.324 e. The Kier molecular flexibility index (Phi) is 8.75. The first-order chi connectivity index (χ1) is 13.8. The molecule has 6 nitrogen and oxygen atoms in total. The summed E-state index contributed by atoms with van der Waals surface area (Å²) in [4.78, 5) is 23.9. The van der Waals surface area contributed by atoms with Crippen molar-refractivity contribution in [2.75, 3.05) is 14.1 Å². The first-order valence-electron chi connectivity index (χ1n) is 9.84. The number of benzene rings is 2. The first-order valence-corrected chi connectivity index (χ1v) is 9.84. The number of nitrogens with zero attached hydrogens (tertiary/aromatic N) is 1. The van der Waals surface area contributed by atoms with E-state index in [2.05, 4.69) is 0 Å². The largest absolute Gasteiger partial charge is 0.480 e. The van der Waals surface area contributed by atoms with Gasteiger partial charge in [0.15, 0.2) is 0 Å². The normalized spacial score (nSPS) is 14.3. The Morgan fingerprint density at radius 3 is 1.87 bits per heavy atom. The van der Waals surface area contributed by atoms with Gasteiger partial charge >= 0.3 is 11.9 Å². The second-order valence-electron chi connectivity index (χ2n) is 8.40. The molecular formula is C24H34N2O4. The lowest BCUT2D eigenvalue weighted by Crippen LogP contribution is -2.60. The standard InChI is InChI=1S/C14H21NO2.C10H13NO2/c1-13(2,11-9-7-6-8-10-11)14(3,12(16)17)15(4)5;1-7-2-4-8(5-3-7)6-9(11)10(12)13/h6-10H,1-5H3,(H,16,17);2-5,9H,6,11H2,1H3,(H,12,13)/t14-;9-/m10/s1. The van der Waals surface area contributed by atoms with Gasteiger partial charge in [-0.15, -0.1) is 0 Å². The van der Waals surface area contributed by atoms with Crippen LogP contribution in [-0.4, -0.2) is 52.7 Å². The topological polar surface area (TPSA) is 104 Å². The predicted octanol–water partition coefficient (Wildman–Crippen LogP) is 3.32. The molecule has 0 bridgehead atoms. The van der Waals surface area contributed by atoms with E-state index >= 15 is 0 Å². The summed E-state index contributed by atoms with van der Waals surface area (Å²) in [6.45, 7) is 7.69. The highest BCUT2D eigenvalue weighted by Crippen LogP contribution is 2.38. The Labute approximate surface area is 179 Å². The quantitative estimate of drug-likeness (QED) is 0.642. The minimum absolute atomic E-state index is 0.385. The SMILES string of the molecule is CN(C)[C@](C)(C(=O)O)C(C)(C)c1ccccc1.Cc1ccc(C[C@H](N)C(=O)O)cc1. The van der Waals surface area contributed by atoms with Crippen LogP contribution in [0.1, 0.15) is 37.5 Å². The molecule has 2 rings (SSSR count). The van der Waals surface area contributed by atoms with Crippen molar-refractivity contribution in [3.8, 4) is 0 Å². The van der Waals surface area contributed by atoms with Gasteiger partial charge in [0.1, 0.15) is 11.6 Å². The van der Waals surface area contributed by atoms with E-state index in [-0.39, 0.29) is 0 Å². The lowest BCUT2D eigenvalue weighted by atomic mass is 9.68. The van der Waals surface area contributed by atoms with Gasteiger partial charge in [-0.25, -0.2) is 0 Å². The van der Waals surface area contributed by atoms with Crippen molar-refractivity contribution < 1.29 is 19.8 Å². The molecule has 0 saturated carbocycles. The molecule has 0 aliphatic carbocycles. The molecule has 0 aliphatic rings. The van der Waals surface area contributed by atoms with Gasteiger partial charge in [-0.3, -0.25) is 14.5 Å². The van der Waals surface area contributed by atoms with Crippen molar-refractivity contribution in [3.63, 3.8) is 0 Å². The van der Waals surface area contributed by atoms with Crippen molar-refractivity contribution in [2.24, 2.45) is 5.73 Å². The minimum atomic E-state index is -0.958. The highest BCUT2D eigenvalue weighted by Gasteiger charge is 2.50. The van der Waals surface area contributed by atoms with E-state index in [1.165, 1.54) is 0 Å². The number of rotatable bonds is 7. The van der Waals surface area contributed by atoms with Crippen LogP contribution in [0.15, 0.2) is 54.6 Å². The zero-order chi connectivity index (χ0) is 23.1. The second-order valence-corrected chi connectivity index (χ2v) is 8.40. The van der Waals surface area contributed by atoms with Gasteiger partial charge < -0.3 is 15.9 Å². The Morgan fingerprint density at radius 1 is 0.967 bits per heavy atom. The van der Waals surface area contributed by atoms with E-state index in [4.69, 9.17) is 10.8 Å². The number of hydrogen-bond acceptors (Lipinski definition) is 4. The molecule has 0 amide bonds. The Morgan fingerprint density at radius 2 is 1.47 bits per heavy atom. The third kappa shape index (κ3) is 5.90. The maximum atomic E-state index is 11.6. The fraction of sp³-hybridized carbons (Fsp3) is 0.417. The van der Waals surface area contributed by atoms with Crippen LogP contribution < -0.4 is 5.73 Å². The monoisotopic (exact) mass is 414 g/mol. The van der Waals surface area contributed by atoms with Crippen molar-refractivity contribution in [3.05, 3.63) is 71.3 Å². The van der Waals surface area contributed by atoms with Crippen LogP contribution in [0.25, 0.3) is 0 Å². The number of hydrogen-bond donors (Lipinski definition) is 3. The van der Waals surface area contributed by atoms with Gasteiger partial charge in [0.2, 0.25) is 0 Å². The van der Waals surface area contributed by atoms with Crippen LogP contribution >= 0.6 is 0 Å². The molecular weight excluding hydrogens is 380 g/mol. The number of carbonyl (C=O) groups is 2. The van der Waals surface area contributed by atoms with E-state index in [0.29, 0.717) is 6.42 Å². The van der Waals surface area contributed by atoms with Crippen LogP contribution in [0.5, 0.6) is 0 Å². The van der Waals surface area contributed by atoms with Gasteiger partial charge in [0, 0.05) is 5.41 Å². The van der Waals surface area contributed by atoms with E-state index < -0.39 is 28.9 Å². The van der Waals surface area contributed by atoms with Gasteiger partial charge in [0.05, 0.1) is 0 Å². The summed E-state index contributed by atoms with van der Waals surface area (Å²) < 4.78 is 0. The molecule has 0 unspecified atom stereocenters. The average Bonchev–Trinajstić information content (AvgIpc) is 2.69. The number of nitrogens with two attached hydrogens (primary N) is 1. The van der Waals surface area contributed by atoms with E-state index in [1.54, 1.807) is 25.9 Å². The number of aryl methyl sites for hydroxylation is 1. The van der Waals surface area contributed by atoms with E-state index in [1.807, 2.05) is 75.4 Å². The number of carboxylic acid groups (broad SMARTS) is 2. The Bertz CT molecular complexity index is 832. The molecule has 4 N–H and O–H groups in total. The fourth-order valence-corrected chi connectivity index (χ4v) is 3.22. The summed E-state index contributed by atoms with van der Waals surface area (Å²) in [6, 6.07) is 16.7. The first kappa shape index (κ1) is 25.3. The molecule has 164 valence electrons. The summed E-state index contributed by atoms with van der Waals surface area (Å²) in [6.07, 6.45) is 0.385. The van der Waals surface area contributed by atoms with Crippen LogP contribution in [0.2, 0.25) is 0 Å². The number of likely N-dealkylation sites (N-methyl/N-ethyl adjacent to an activating group) is 1. The highest BCUT2D eigenvalue weighted by molar-refractivity contribution is 5.81. The molecule has 2 aromatic rings. The highest BCUT2D eigenvalue weighted by atomic mass is 16.4. The summed E-state index contributed by atoms with van der Waals surface area (Å²) in [7, 11) is 3.61. The Balaban J connectivity index is 0.000000311. The van der Waals surface area contributed by atoms with Crippen molar-refractivity contribution >= 4 is 11.9 Å². The maximum absolute atomic E-state index is 11.6. The third-order valence-corrected chi connectivity index (χ3v) is 5.92. The molecule has 6 heteroatoms. The van der Waals surface area contributed by atoms with Crippen LogP contribution in [-0.2, 0) is 21.4 Å². The molecule has 2 atom stereocenters. The zero-order valence-electron chi connectivity index (χ0n) is 18.7. The van der Waals surface area contributed by atoms with E-state index in [9.17, 15) is 14.7 Å². The zero-order valence-corrected chi connectivity index (χ0v) is 18.7. The smallest absolute Gasteiger partial charge is 0.324 e. The summed E-state index contributed by atoms with van der Waals surface area (Å²) in [5.41, 5.74) is 7.10. The lowest BCUT2D eigenvalue weighted by Gasteiger charge is -2.45. The van der Waals surface area contributed by atoms with Crippen molar-refractivity contribution in [2.45, 2.75) is 51.1 Å². The predicted molar refractivity (Wildman–Crippen MR) is 120 cm³/mol. The molecule has 2 aromatic carbocycles. The van der Waals surface area contributed by atoms with Crippen LogP contribution in [0.4, 0.5) is 0 Å².